The Bertz CT molecular complexity index is 1170. The van der Waals surface area contributed by atoms with Crippen molar-refractivity contribution in [1.82, 2.24) is 15.6 Å². The highest BCUT2D eigenvalue weighted by Gasteiger charge is 2.20. The lowest BCUT2D eigenvalue weighted by molar-refractivity contribution is -0.122. The molecule has 0 aliphatic carbocycles. The number of para-hydroxylation sites is 1. The zero-order valence-corrected chi connectivity index (χ0v) is 16.5. The van der Waals surface area contributed by atoms with Gasteiger partial charge in [-0.15, -0.1) is 0 Å². The summed E-state index contributed by atoms with van der Waals surface area (Å²) in [6, 6.07) is 21.6. The van der Waals surface area contributed by atoms with E-state index in [1.165, 1.54) is 0 Å². The fourth-order valence-electron chi connectivity index (χ4n) is 3.19. The van der Waals surface area contributed by atoms with E-state index < -0.39 is 6.04 Å². The van der Waals surface area contributed by atoms with Crippen LogP contribution in [0, 0.1) is 0 Å². The smallest absolute Gasteiger partial charge is 0.252 e. The standard InChI is InChI=1S/C24H21N3O3/c1-16(23(28)25-15-17-8-3-2-4-9-17)26-24(29)19-14-21(22-12-7-13-30-22)27-20-11-6-5-10-18(19)20/h2-14,16H,15H2,1H3,(H,25,28)(H,26,29). The van der Waals surface area contributed by atoms with Gasteiger partial charge in [-0.05, 0) is 36.8 Å². The number of hydrogen-bond donors (Lipinski definition) is 2. The Morgan fingerprint density at radius 1 is 1.00 bits per heavy atom. The van der Waals surface area contributed by atoms with Gasteiger partial charge in [0, 0.05) is 11.9 Å². The molecule has 0 aliphatic rings. The van der Waals surface area contributed by atoms with Crippen molar-refractivity contribution >= 4 is 22.7 Å². The van der Waals surface area contributed by atoms with Crippen molar-refractivity contribution in [2.45, 2.75) is 19.5 Å². The molecular weight excluding hydrogens is 378 g/mol. The van der Waals surface area contributed by atoms with Crippen molar-refractivity contribution in [2.75, 3.05) is 0 Å². The van der Waals surface area contributed by atoms with Crippen LogP contribution in [0.25, 0.3) is 22.4 Å². The molecule has 0 saturated heterocycles. The molecule has 0 bridgehead atoms. The van der Waals surface area contributed by atoms with Crippen LogP contribution in [-0.4, -0.2) is 22.8 Å². The summed E-state index contributed by atoms with van der Waals surface area (Å²) in [5.74, 6) is -0.0240. The summed E-state index contributed by atoms with van der Waals surface area (Å²) >= 11 is 0. The number of rotatable bonds is 6. The molecule has 1 atom stereocenters. The molecule has 0 saturated carbocycles. The van der Waals surface area contributed by atoms with Gasteiger partial charge in [-0.25, -0.2) is 4.98 Å². The minimum Gasteiger partial charge on any atom is -0.463 e. The van der Waals surface area contributed by atoms with Crippen molar-refractivity contribution in [3.05, 3.63) is 90.2 Å². The second-order valence-electron chi connectivity index (χ2n) is 6.95. The third-order valence-electron chi connectivity index (χ3n) is 4.78. The monoisotopic (exact) mass is 399 g/mol. The number of carbonyl (C=O) groups is 2. The molecule has 0 spiro atoms. The Kier molecular flexibility index (Phi) is 5.57. The summed E-state index contributed by atoms with van der Waals surface area (Å²) < 4.78 is 5.44. The summed E-state index contributed by atoms with van der Waals surface area (Å²) in [7, 11) is 0. The summed E-state index contributed by atoms with van der Waals surface area (Å²) in [4.78, 5) is 30.1. The highest BCUT2D eigenvalue weighted by molar-refractivity contribution is 6.08. The van der Waals surface area contributed by atoms with E-state index in [1.54, 1.807) is 31.4 Å². The Balaban J connectivity index is 1.53. The van der Waals surface area contributed by atoms with Crippen LogP contribution in [-0.2, 0) is 11.3 Å². The summed E-state index contributed by atoms with van der Waals surface area (Å²) in [6.07, 6.45) is 1.56. The van der Waals surface area contributed by atoms with Crippen molar-refractivity contribution in [2.24, 2.45) is 0 Å². The Labute approximate surface area is 173 Å². The van der Waals surface area contributed by atoms with Gasteiger partial charge in [0.15, 0.2) is 5.76 Å². The van der Waals surface area contributed by atoms with Gasteiger partial charge in [0.05, 0.1) is 17.3 Å². The van der Waals surface area contributed by atoms with Crippen molar-refractivity contribution in [3.8, 4) is 11.5 Å². The van der Waals surface area contributed by atoms with E-state index in [2.05, 4.69) is 15.6 Å². The fraction of sp³-hybridized carbons (Fsp3) is 0.125. The zero-order chi connectivity index (χ0) is 20.9. The number of nitrogens with one attached hydrogen (secondary N) is 2. The average Bonchev–Trinajstić information content (AvgIpc) is 3.32. The van der Waals surface area contributed by atoms with Gasteiger partial charge in [-0.2, -0.15) is 0 Å². The minimum absolute atomic E-state index is 0.253. The first kappa shape index (κ1) is 19.4. The molecule has 0 radical (unpaired) electrons. The molecule has 4 aromatic rings. The number of carbonyl (C=O) groups excluding carboxylic acids is 2. The Hall–Kier alpha value is -3.93. The SMILES string of the molecule is CC(NC(=O)c1cc(-c2ccco2)nc2ccccc12)C(=O)NCc1ccccc1. The molecule has 150 valence electrons. The van der Waals surface area contributed by atoms with Crippen LogP contribution >= 0.6 is 0 Å². The molecule has 1 unspecified atom stereocenters. The molecular formula is C24H21N3O3. The van der Waals surface area contributed by atoms with Crippen molar-refractivity contribution in [1.29, 1.82) is 0 Å². The number of fused-ring (bicyclic) bond motifs is 1. The number of pyridine rings is 1. The van der Waals surface area contributed by atoms with Gasteiger partial charge < -0.3 is 15.1 Å². The van der Waals surface area contributed by atoms with E-state index in [-0.39, 0.29) is 11.8 Å². The van der Waals surface area contributed by atoms with E-state index in [9.17, 15) is 9.59 Å². The van der Waals surface area contributed by atoms with Gasteiger partial charge in [0.2, 0.25) is 5.91 Å². The van der Waals surface area contributed by atoms with Gasteiger partial charge in [-0.3, -0.25) is 9.59 Å². The highest BCUT2D eigenvalue weighted by Crippen LogP contribution is 2.25. The molecule has 0 aliphatic heterocycles. The largest absolute Gasteiger partial charge is 0.463 e. The van der Waals surface area contributed by atoms with Crippen LogP contribution in [0.3, 0.4) is 0 Å². The number of nitrogens with zero attached hydrogens (tertiary/aromatic N) is 1. The maximum Gasteiger partial charge on any atom is 0.252 e. The molecule has 30 heavy (non-hydrogen) atoms. The van der Waals surface area contributed by atoms with E-state index in [1.807, 2.05) is 54.6 Å². The quantitative estimate of drug-likeness (QED) is 0.515. The number of hydrogen-bond acceptors (Lipinski definition) is 4. The third kappa shape index (κ3) is 4.22. The van der Waals surface area contributed by atoms with Crippen LogP contribution < -0.4 is 10.6 Å². The number of aromatic nitrogens is 1. The topological polar surface area (TPSA) is 84.2 Å². The lowest BCUT2D eigenvalue weighted by Gasteiger charge is -2.15. The number of amides is 2. The van der Waals surface area contributed by atoms with Crippen molar-refractivity contribution < 1.29 is 14.0 Å². The van der Waals surface area contributed by atoms with E-state index in [0.717, 1.165) is 5.56 Å². The molecule has 2 N–H and O–H groups in total. The zero-order valence-electron chi connectivity index (χ0n) is 16.5. The summed E-state index contributed by atoms with van der Waals surface area (Å²) in [5, 5.41) is 6.34. The van der Waals surface area contributed by atoms with Crippen LogP contribution in [0.5, 0.6) is 0 Å². The molecule has 6 heteroatoms. The first-order chi connectivity index (χ1) is 14.6. The second kappa shape index (κ2) is 8.61. The van der Waals surface area contributed by atoms with Gasteiger partial charge in [0.25, 0.3) is 5.91 Å². The number of furan rings is 1. The Morgan fingerprint density at radius 2 is 1.77 bits per heavy atom. The molecule has 0 fully saturated rings. The maximum absolute atomic E-state index is 13.0. The first-order valence-electron chi connectivity index (χ1n) is 9.68. The van der Waals surface area contributed by atoms with Crippen molar-refractivity contribution in [3.63, 3.8) is 0 Å². The van der Waals surface area contributed by atoms with E-state index >= 15 is 0 Å². The van der Waals surface area contributed by atoms with Crippen LogP contribution in [0.15, 0.2) is 83.5 Å². The molecule has 2 aromatic carbocycles. The highest BCUT2D eigenvalue weighted by atomic mass is 16.3. The predicted octanol–water partition coefficient (Wildman–Crippen LogP) is 3.93. The molecule has 6 nitrogen and oxygen atoms in total. The van der Waals surface area contributed by atoms with Gasteiger partial charge in [-0.1, -0.05) is 48.5 Å². The van der Waals surface area contributed by atoms with Gasteiger partial charge in [0.1, 0.15) is 11.7 Å². The molecule has 2 aromatic heterocycles. The lowest BCUT2D eigenvalue weighted by atomic mass is 10.1. The van der Waals surface area contributed by atoms with E-state index in [4.69, 9.17) is 4.42 Å². The molecule has 4 rings (SSSR count). The normalized spacial score (nSPS) is 11.8. The van der Waals surface area contributed by atoms with Crippen LogP contribution in [0.4, 0.5) is 0 Å². The second-order valence-corrected chi connectivity index (χ2v) is 6.95. The predicted molar refractivity (Wildman–Crippen MR) is 115 cm³/mol. The summed E-state index contributed by atoms with van der Waals surface area (Å²) in [5.41, 5.74) is 2.67. The molecule has 2 amide bonds. The first-order valence-corrected chi connectivity index (χ1v) is 9.68. The lowest BCUT2D eigenvalue weighted by Crippen LogP contribution is -2.44. The third-order valence-corrected chi connectivity index (χ3v) is 4.78. The maximum atomic E-state index is 13.0. The average molecular weight is 399 g/mol. The summed E-state index contributed by atoms with van der Waals surface area (Å²) in [6.45, 7) is 2.07. The van der Waals surface area contributed by atoms with E-state index in [0.29, 0.717) is 34.5 Å². The minimum atomic E-state index is -0.694. The Morgan fingerprint density at radius 3 is 2.53 bits per heavy atom. The molecule has 2 heterocycles. The van der Waals surface area contributed by atoms with Crippen LogP contribution in [0.1, 0.15) is 22.8 Å². The fourth-order valence-corrected chi connectivity index (χ4v) is 3.19. The number of benzene rings is 2. The van der Waals surface area contributed by atoms with Crippen LogP contribution in [0.2, 0.25) is 0 Å². The van der Waals surface area contributed by atoms with Gasteiger partial charge >= 0.3 is 0 Å².